The molecule has 0 fully saturated rings. The Kier molecular flexibility index (Phi) is 5.39. The molecule has 1 aromatic carbocycles. The highest BCUT2D eigenvalue weighted by atomic mass is 16.5. The fraction of sp³-hybridized carbons (Fsp3) is 0.389. The number of esters is 1. The fourth-order valence-corrected chi connectivity index (χ4v) is 3.20. The summed E-state index contributed by atoms with van der Waals surface area (Å²) in [5.41, 5.74) is 1.47. The molecule has 24 heavy (non-hydrogen) atoms. The van der Waals surface area contributed by atoms with Crippen LogP contribution in [0.3, 0.4) is 0 Å². The molecule has 1 aliphatic rings. The summed E-state index contributed by atoms with van der Waals surface area (Å²) in [6.45, 7) is 3.62. The van der Waals surface area contributed by atoms with Gasteiger partial charge in [0.2, 0.25) is 5.91 Å². The Morgan fingerprint density at radius 2 is 1.92 bits per heavy atom. The normalized spacial score (nSPS) is 23.1. The van der Waals surface area contributed by atoms with E-state index >= 15 is 0 Å². The zero-order valence-electron chi connectivity index (χ0n) is 13.9. The summed E-state index contributed by atoms with van der Waals surface area (Å²) in [7, 11) is 1.25. The van der Waals surface area contributed by atoms with Gasteiger partial charge in [-0.3, -0.25) is 4.79 Å². The summed E-state index contributed by atoms with van der Waals surface area (Å²) < 4.78 is 4.69. The number of carboxylic acid groups (broad SMARTS) is 1. The number of benzene rings is 1. The van der Waals surface area contributed by atoms with Gasteiger partial charge < -0.3 is 20.0 Å². The van der Waals surface area contributed by atoms with Crippen molar-refractivity contribution in [1.82, 2.24) is 0 Å². The van der Waals surface area contributed by atoms with Gasteiger partial charge in [-0.25, -0.2) is 4.79 Å². The summed E-state index contributed by atoms with van der Waals surface area (Å²) in [4.78, 5) is 35.9. The number of methoxy groups -OCH3 is 1. The molecule has 1 aliphatic carbocycles. The van der Waals surface area contributed by atoms with Crippen molar-refractivity contribution >= 4 is 23.5 Å². The van der Waals surface area contributed by atoms with Crippen LogP contribution in [0.2, 0.25) is 0 Å². The number of amides is 1. The topological polar surface area (TPSA) is 95.5 Å². The van der Waals surface area contributed by atoms with Gasteiger partial charge in [0.25, 0.3) is 0 Å². The van der Waals surface area contributed by atoms with Crippen molar-refractivity contribution in [2.45, 2.75) is 20.3 Å². The third-order valence-electron chi connectivity index (χ3n) is 4.29. The molecule has 6 nitrogen and oxygen atoms in total. The lowest BCUT2D eigenvalue weighted by atomic mass is 9.73. The number of carbonyl (C=O) groups excluding carboxylic acids is 3. The van der Waals surface area contributed by atoms with Crippen molar-refractivity contribution in [3.8, 4) is 0 Å². The molecule has 0 radical (unpaired) electrons. The van der Waals surface area contributed by atoms with Crippen LogP contribution in [0.15, 0.2) is 35.9 Å². The number of hydrogen-bond acceptors (Lipinski definition) is 5. The summed E-state index contributed by atoms with van der Waals surface area (Å²) >= 11 is 0. The average Bonchev–Trinajstić information content (AvgIpc) is 2.53. The molecule has 0 bridgehead atoms. The molecule has 0 saturated carbocycles. The van der Waals surface area contributed by atoms with Gasteiger partial charge in [0.15, 0.2) is 0 Å². The molecule has 0 unspecified atom stereocenters. The van der Waals surface area contributed by atoms with E-state index in [1.807, 2.05) is 13.0 Å². The summed E-state index contributed by atoms with van der Waals surface area (Å²) in [5.74, 6) is -4.21. The van der Waals surface area contributed by atoms with Gasteiger partial charge in [-0.15, -0.1) is 0 Å². The summed E-state index contributed by atoms with van der Waals surface area (Å²) in [6.07, 6.45) is 2.20. The Morgan fingerprint density at radius 1 is 1.25 bits per heavy atom. The van der Waals surface area contributed by atoms with Gasteiger partial charge in [0, 0.05) is 11.9 Å². The Hall–Kier alpha value is -2.63. The Bertz CT molecular complexity index is 694. The van der Waals surface area contributed by atoms with Gasteiger partial charge in [0.1, 0.15) is 0 Å². The van der Waals surface area contributed by atoms with Crippen LogP contribution in [0.1, 0.15) is 30.6 Å². The minimum atomic E-state index is -1.24. The number of allylic oxidation sites excluding steroid dienone is 2. The first-order chi connectivity index (χ1) is 11.3. The molecule has 2 rings (SSSR count). The van der Waals surface area contributed by atoms with E-state index in [4.69, 9.17) is 4.74 Å². The number of ether oxygens (including phenoxy) is 1. The van der Waals surface area contributed by atoms with Crippen LogP contribution < -0.4 is 10.4 Å². The van der Waals surface area contributed by atoms with Gasteiger partial charge >= 0.3 is 5.97 Å². The van der Waals surface area contributed by atoms with Crippen LogP contribution in [-0.4, -0.2) is 25.0 Å². The first kappa shape index (κ1) is 17.7. The maximum atomic E-state index is 12.7. The molecule has 0 saturated heterocycles. The molecular weight excluding hydrogens is 310 g/mol. The fourth-order valence-electron chi connectivity index (χ4n) is 3.20. The van der Waals surface area contributed by atoms with Crippen molar-refractivity contribution in [2.75, 3.05) is 12.4 Å². The zero-order chi connectivity index (χ0) is 17.9. The lowest BCUT2D eigenvalue weighted by Crippen LogP contribution is -2.45. The lowest BCUT2D eigenvalue weighted by Gasteiger charge is -2.35. The van der Waals surface area contributed by atoms with E-state index in [1.165, 1.54) is 13.2 Å². The minimum Gasteiger partial charge on any atom is -0.550 e. The Morgan fingerprint density at radius 3 is 2.54 bits per heavy atom. The second kappa shape index (κ2) is 7.29. The van der Waals surface area contributed by atoms with Crippen molar-refractivity contribution < 1.29 is 24.2 Å². The summed E-state index contributed by atoms with van der Waals surface area (Å²) in [6, 6.07) is 6.44. The molecule has 0 spiro atoms. The second-order valence-corrected chi connectivity index (χ2v) is 6.05. The van der Waals surface area contributed by atoms with Crippen LogP contribution in [0.25, 0.3) is 0 Å². The molecule has 6 heteroatoms. The van der Waals surface area contributed by atoms with E-state index < -0.39 is 29.7 Å². The highest BCUT2D eigenvalue weighted by Crippen LogP contribution is 2.34. The number of aliphatic carboxylic acids is 1. The number of carboxylic acids is 1. The quantitative estimate of drug-likeness (QED) is 0.665. The van der Waals surface area contributed by atoms with Crippen LogP contribution in [-0.2, 0) is 14.3 Å². The van der Waals surface area contributed by atoms with Crippen molar-refractivity contribution in [3.05, 3.63) is 41.5 Å². The number of nitrogens with one attached hydrogen (secondary N) is 1. The number of anilines is 1. The molecule has 128 valence electrons. The smallest absolute Gasteiger partial charge is 0.339 e. The highest BCUT2D eigenvalue weighted by Gasteiger charge is 2.36. The summed E-state index contributed by atoms with van der Waals surface area (Å²) in [5, 5.41) is 14.1. The third-order valence-corrected chi connectivity index (χ3v) is 4.29. The van der Waals surface area contributed by atoms with Crippen molar-refractivity contribution in [1.29, 1.82) is 0 Å². The molecule has 1 amide bonds. The van der Waals surface area contributed by atoms with Crippen LogP contribution in [0.4, 0.5) is 5.69 Å². The largest absolute Gasteiger partial charge is 0.550 e. The number of hydrogen-bond donors (Lipinski definition) is 1. The molecule has 1 aromatic rings. The molecular formula is C18H20NO5-. The maximum absolute atomic E-state index is 12.7. The number of rotatable bonds is 4. The highest BCUT2D eigenvalue weighted by molar-refractivity contribution is 6.02. The average molecular weight is 330 g/mol. The molecule has 3 atom stereocenters. The zero-order valence-corrected chi connectivity index (χ0v) is 13.9. The van der Waals surface area contributed by atoms with Crippen LogP contribution >= 0.6 is 0 Å². The monoisotopic (exact) mass is 330 g/mol. The maximum Gasteiger partial charge on any atom is 0.339 e. The van der Waals surface area contributed by atoms with E-state index in [2.05, 4.69) is 5.32 Å². The predicted molar refractivity (Wildman–Crippen MR) is 85.9 cm³/mol. The number of carbonyl (C=O) groups is 3. The van der Waals surface area contributed by atoms with Crippen molar-refractivity contribution in [2.24, 2.45) is 17.8 Å². The first-order valence-corrected chi connectivity index (χ1v) is 7.71. The third kappa shape index (κ3) is 3.64. The second-order valence-electron chi connectivity index (χ2n) is 6.05. The predicted octanol–water partition coefficient (Wildman–Crippen LogP) is 1.38. The SMILES string of the molecule is COC(=O)c1ccccc1NC(=O)[C@H]1CC(C)=C[C@@H](C)[C@@H]1C(=O)[O-]. The van der Waals surface area contributed by atoms with Gasteiger partial charge in [0.05, 0.1) is 24.3 Å². The lowest BCUT2D eigenvalue weighted by molar-refractivity contribution is -0.314. The first-order valence-electron chi connectivity index (χ1n) is 7.71. The van der Waals surface area contributed by atoms with E-state index in [9.17, 15) is 19.5 Å². The molecule has 0 aliphatic heterocycles. The van der Waals surface area contributed by atoms with Gasteiger partial charge in [-0.1, -0.05) is 30.7 Å². The standard InChI is InChI=1S/C18H21NO5/c1-10-8-11(2)15(17(21)22)13(9-10)16(20)19-14-7-5-4-6-12(14)18(23)24-3/h4-8,11,13,15H,9H2,1-3H3,(H,19,20)(H,21,22)/p-1/t11-,13+,15+/m1/s1. The van der Waals surface area contributed by atoms with Crippen LogP contribution in [0.5, 0.6) is 0 Å². The number of para-hydroxylation sites is 1. The van der Waals surface area contributed by atoms with Crippen molar-refractivity contribution in [3.63, 3.8) is 0 Å². The molecule has 1 N–H and O–H groups in total. The van der Waals surface area contributed by atoms with Gasteiger partial charge in [-0.05, 0) is 31.4 Å². The van der Waals surface area contributed by atoms with E-state index in [0.717, 1.165) is 5.57 Å². The molecule has 0 aromatic heterocycles. The van der Waals surface area contributed by atoms with E-state index in [-0.39, 0.29) is 11.5 Å². The van der Waals surface area contributed by atoms with E-state index in [1.54, 1.807) is 25.1 Å². The minimum absolute atomic E-state index is 0.217. The van der Waals surface area contributed by atoms with Crippen LogP contribution in [0, 0.1) is 17.8 Å². The Labute approximate surface area is 140 Å². The van der Waals surface area contributed by atoms with Gasteiger partial charge in [-0.2, -0.15) is 0 Å². The molecule has 0 heterocycles. The Balaban J connectivity index is 2.28. The van der Waals surface area contributed by atoms with E-state index in [0.29, 0.717) is 12.1 Å².